The fourth-order valence-corrected chi connectivity index (χ4v) is 6.36. The van der Waals surface area contributed by atoms with Gasteiger partial charge < -0.3 is 15.2 Å². The van der Waals surface area contributed by atoms with Crippen molar-refractivity contribution in [2.24, 2.45) is 0 Å². The van der Waals surface area contributed by atoms with E-state index in [0.717, 1.165) is 0 Å². The third kappa shape index (κ3) is 5.42. The van der Waals surface area contributed by atoms with Crippen molar-refractivity contribution in [3.8, 4) is 0 Å². The van der Waals surface area contributed by atoms with Crippen LogP contribution in [-0.2, 0) is 16.1 Å². The molecule has 3 aromatic carbocycles. The van der Waals surface area contributed by atoms with Crippen molar-refractivity contribution in [1.29, 1.82) is 0 Å². The van der Waals surface area contributed by atoms with Gasteiger partial charge in [-0.1, -0.05) is 97.6 Å². The Hall–Kier alpha value is -4.43. The summed E-state index contributed by atoms with van der Waals surface area (Å²) >= 11 is 1.83. The molecule has 0 aliphatic carbocycles. The Balaban J connectivity index is 1.41. The molecule has 2 heterocycles. The highest BCUT2D eigenvalue weighted by Gasteiger charge is 2.36. The third-order valence-electron chi connectivity index (χ3n) is 6.75. The van der Waals surface area contributed by atoms with Gasteiger partial charge in [0.15, 0.2) is 11.5 Å². The molecule has 196 valence electrons. The highest BCUT2D eigenvalue weighted by atomic mass is 32.2. The topological polar surface area (TPSA) is 89.9 Å². The first kappa shape index (κ1) is 26.2. The molecule has 0 saturated carbocycles. The van der Waals surface area contributed by atoms with E-state index in [1.807, 2.05) is 39.4 Å². The van der Waals surface area contributed by atoms with Crippen LogP contribution in [0.5, 0.6) is 0 Å². The number of anilines is 1. The monoisotopic (exact) mass is 534 g/mol. The molecule has 0 atom stereocenters. The second-order valence-electron chi connectivity index (χ2n) is 9.03. The van der Waals surface area contributed by atoms with Gasteiger partial charge in [0.1, 0.15) is 11.8 Å². The fourth-order valence-electron chi connectivity index (χ4n) is 4.83. The zero-order valence-electron chi connectivity index (χ0n) is 21.6. The van der Waals surface area contributed by atoms with E-state index in [4.69, 9.17) is 5.73 Å². The number of benzene rings is 3. The van der Waals surface area contributed by atoms with Crippen LogP contribution >= 0.6 is 11.8 Å². The summed E-state index contributed by atoms with van der Waals surface area (Å²) in [6, 6.07) is 31.7. The van der Waals surface area contributed by atoms with Crippen molar-refractivity contribution in [3.05, 3.63) is 133 Å². The normalized spacial score (nSPS) is 11.4. The molecule has 0 spiro atoms. The van der Waals surface area contributed by atoms with E-state index in [1.54, 1.807) is 6.33 Å². The van der Waals surface area contributed by atoms with Gasteiger partial charge in [-0.3, -0.25) is 4.79 Å². The second kappa shape index (κ2) is 12.0. The SMILES string of the molecule is C=CC(=O)N(CCSC(c1ccccc1)(c1ccccc1)c1ccccc1)CCn1cnc2c(N)ncnc21. The second-order valence-corrected chi connectivity index (χ2v) is 10.3. The van der Waals surface area contributed by atoms with Crippen LogP contribution in [0.25, 0.3) is 11.2 Å². The Morgan fingerprint density at radius 3 is 1.97 bits per heavy atom. The van der Waals surface area contributed by atoms with Crippen LogP contribution in [0.1, 0.15) is 16.7 Å². The Morgan fingerprint density at radius 2 is 1.44 bits per heavy atom. The fraction of sp³-hybridized carbons (Fsp3) is 0.161. The lowest BCUT2D eigenvalue weighted by molar-refractivity contribution is -0.125. The number of carbonyl (C=O) groups is 1. The summed E-state index contributed by atoms with van der Waals surface area (Å²) in [6.07, 6.45) is 4.48. The number of amides is 1. The quantitative estimate of drug-likeness (QED) is 0.186. The molecule has 5 rings (SSSR count). The lowest BCUT2D eigenvalue weighted by Crippen LogP contribution is -2.35. The summed E-state index contributed by atoms with van der Waals surface area (Å²) in [4.78, 5) is 27.4. The highest BCUT2D eigenvalue weighted by Crippen LogP contribution is 2.48. The molecule has 5 aromatic rings. The first-order chi connectivity index (χ1) is 19.1. The molecule has 0 fully saturated rings. The van der Waals surface area contributed by atoms with Gasteiger partial charge in [-0.15, -0.1) is 11.8 Å². The number of hydrogen-bond acceptors (Lipinski definition) is 6. The molecule has 0 aliphatic rings. The van der Waals surface area contributed by atoms with E-state index in [2.05, 4.69) is 94.3 Å². The lowest BCUT2D eigenvalue weighted by atomic mass is 9.84. The van der Waals surface area contributed by atoms with Gasteiger partial charge in [-0.2, -0.15) is 0 Å². The number of hydrogen-bond donors (Lipinski definition) is 1. The van der Waals surface area contributed by atoms with Crippen LogP contribution in [0.2, 0.25) is 0 Å². The molecule has 0 unspecified atom stereocenters. The summed E-state index contributed by atoms with van der Waals surface area (Å²) in [5, 5.41) is 0. The van der Waals surface area contributed by atoms with Crippen LogP contribution in [0.4, 0.5) is 5.82 Å². The van der Waals surface area contributed by atoms with Crippen LogP contribution in [-0.4, -0.2) is 49.2 Å². The van der Waals surface area contributed by atoms with Crippen molar-refractivity contribution in [2.75, 3.05) is 24.6 Å². The Morgan fingerprint density at radius 1 is 0.872 bits per heavy atom. The van der Waals surface area contributed by atoms with E-state index in [1.165, 1.54) is 29.1 Å². The van der Waals surface area contributed by atoms with E-state index < -0.39 is 4.75 Å². The number of nitrogen functional groups attached to an aromatic ring is 1. The van der Waals surface area contributed by atoms with Crippen LogP contribution in [0.3, 0.4) is 0 Å². The standard InChI is InChI=1S/C31H30N6OS/c1-2-27(38)36(18-19-37-23-35-28-29(32)33-22-34-30(28)37)20-21-39-31(24-12-6-3-7-13-24,25-14-8-4-9-15-25)26-16-10-5-11-17-26/h2-17,22-23H,1,18-21H2,(H2,32,33,34). The largest absolute Gasteiger partial charge is 0.382 e. The molecule has 0 aliphatic heterocycles. The number of rotatable bonds is 11. The van der Waals surface area contributed by atoms with Crippen molar-refractivity contribution >= 4 is 34.7 Å². The van der Waals surface area contributed by atoms with Gasteiger partial charge in [0.2, 0.25) is 5.91 Å². The molecule has 2 aromatic heterocycles. The molecule has 7 nitrogen and oxygen atoms in total. The first-order valence-corrected chi connectivity index (χ1v) is 13.7. The Kier molecular flexibility index (Phi) is 8.03. The summed E-state index contributed by atoms with van der Waals surface area (Å²) in [7, 11) is 0. The molecule has 0 saturated heterocycles. The molecule has 39 heavy (non-hydrogen) atoms. The predicted octanol–water partition coefficient (Wildman–Crippen LogP) is 5.15. The average molecular weight is 535 g/mol. The molecule has 2 N–H and O–H groups in total. The number of thioether (sulfide) groups is 1. The van der Waals surface area contributed by atoms with Gasteiger partial charge in [0.25, 0.3) is 0 Å². The number of imidazole rings is 1. The zero-order valence-corrected chi connectivity index (χ0v) is 22.4. The minimum absolute atomic E-state index is 0.112. The van der Waals surface area contributed by atoms with Gasteiger partial charge in [-0.25, -0.2) is 15.0 Å². The lowest BCUT2D eigenvalue weighted by Gasteiger charge is -2.36. The summed E-state index contributed by atoms with van der Waals surface area (Å²) in [6.45, 7) is 5.29. The van der Waals surface area contributed by atoms with Crippen molar-refractivity contribution in [3.63, 3.8) is 0 Å². The van der Waals surface area contributed by atoms with Crippen LogP contribution in [0, 0.1) is 0 Å². The first-order valence-electron chi connectivity index (χ1n) is 12.8. The Bertz CT molecular complexity index is 1440. The van der Waals surface area contributed by atoms with E-state index in [-0.39, 0.29) is 5.91 Å². The van der Waals surface area contributed by atoms with E-state index in [9.17, 15) is 4.79 Å². The number of fused-ring (bicyclic) bond motifs is 1. The minimum atomic E-state index is -0.443. The van der Waals surface area contributed by atoms with Gasteiger partial charge in [0, 0.05) is 25.4 Å². The summed E-state index contributed by atoms with van der Waals surface area (Å²) in [5.41, 5.74) is 10.7. The molecule has 1 amide bonds. The minimum Gasteiger partial charge on any atom is -0.382 e. The number of carbonyl (C=O) groups excluding carboxylic acids is 1. The highest BCUT2D eigenvalue weighted by molar-refractivity contribution is 8.00. The molecule has 0 radical (unpaired) electrons. The maximum absolute atomic E-state index is 12.9. The number of nitrogens with zero attached hydrogens (tertiary/aromatic N) is 5. The van der Waals surface area contributed by atoms with Crippen LogP contribution in [0.15, 0.2) is 116 Å². The number of nitrogens with two attached hydrogens (primary N) is 1. The zero-order chi connectivity index (χ0) is 27.1. The van der Waals surface area contributed by atoms with E-state index >= 15 is 0 Å². The summed E-state index contributed by atoms with van der Waals surface area (Å²) in [5.74, 6) is 0.935. The van der Waals surface area contributed by atoms with Crippen molar-refractivity contribution in [2.45, 2.75) is 11.3 Å². The maximum atomic E-state index is 12.9. The van der Waals surface area contributed by atoms with Gasteiger partial charge >= 0.3 is 0 Å². The number of aromatic nitrogens is 4. The predicted molar refractivity (Wildman–Crippen MR) is 158 cm³/mol. The third-order valence-corrected chi connectivity index (χ3v) is 8.27. The summed E-state index contributed by atoms with van der Waals surface area (Å²) < 4.78 is 1.45. The smallest absolute Gasteiger partial charge is 0.246 e. The molecular weight excluding hydrogens is 504 g/mol. The Labute approximate surface area is 232 Å². The van der Waals surface area contributed by atoms with Gasteiger partial charge in [0.05, 0.1) is 11.1 Å². The van der Waals surface area contributed by atoms with Crippen molar-refractivity contribution < 1.29 is 4.79 Å². The molecular formula is C31H30N6OS. The molecule has 8 heteroatoms. The van der Waals surface area contributed by atoms with Gasteiger partial charge in [-0.05, 0) is 22.8 Å². The van der Waals surface area contributed by atoms with E-state index in [0.29, 0.717) is 42.4 Å². The maximum Gasteiger partial charge on any atom is 0.246 e. The average Bonchev–Trinajstić information content (AvgIpc) is 3.42. The molecule has 0 bridgehead atoms. The van der Waals surface area contributed by atoms with Crippen LogP contribution < -0.4 is 5.73 Å². The van der Waals surface area contributed by atoms with Crippen molar-refractivity contribution in [1.82, 2.24) is 24.4 Å².